The van der Waals surface area contributed by atoms with Gasteiger partial charge in [-0.25, -0.2) is 0 Å². The summed E-state index contributed by atoms with van der Waals surface area (Å²) in [6, 6.07) is 0.406. The third kappa shape index (κ3) is 11.2. The molecule has 1 aliphatic rings. The highest BCUT2D eigenvalue weighted by molar-refractivity contribution is 14.0. The van der Waals surface area contributed by atoms with E-state index in [0.717, 1.165) is 31.9 Å². The van der Waals surface area contributed by atoms with Gasteiger partial charge in [0.25, 0.3) is 0 Å². The zero-order valence-corrected chi connectivity index (χ0v) is 16.3. The first-order valence-corrected chi connectivity index (χ1v) is 8.26. The van der Waals surface area contributed by atoms with Gasteiger partial charge in [-0.1, -0.05) is 26.7 Å². The number of rotatable bonds is 8. The minimum absolute atomic E-state index is 0. The number of nitrogens with zero attached hydrogens (tertiary/aromatic N) is 1. The minimum Gasteiger partial charge on any atom is -0.378 e. The summed E-state index contributed by atoms with van der Waals surface area (Å²) < 4.78 is 5.69. The van der Waals surface area contributed by atoms with Crippen molar-refractivity contribution in [1.29, 1.82) is 0 Å². The number of hydrogen-bond acceptors (Lipinski definition) is 2. The van der Waals surface area contributed by atoms with Crippen LogP contribution >= 0.6 is 24.0 Å². The van der Waals surface area contributed by atoms with Crippen LogP contribution in [0.15, 0.2) is 4.99 Å². The summed E-state index contributed by atoms with van der Waals surface area (Å²) in [4.78, 5) is 4.40. The van der Waals surface area contributed by atoms with Crippen LogP contribution in [-0.2, 0) is 4.74 Å². The molecule has 1 heterocycles. The molecule has 1 aliphatic heterocycles. The summed E-state index contributed by atoms with van der Waals surface area (Å²) in [5.74, 6) is 1.36. The molecule has 3 N–H and O–H groups in total. The standard InChI is InChI=1S/C16H33N3O.HI/c1-13(2)7-6-8-14(3)19-16(17)18-11-10-15-9-4-5-12-20-15;/h13-15H,4-12H2,1-3H3,(H3,17,18,19);1H. The van der Waals surface area contributed by atoms with Gasteiger partial charge in [-0.2, -0.15) is 0 Å². The van der Waals surface area contributed by atoms with E-state index in [-0.39, 0.29) is 24.0 Å². The molecule has 0 aromatic heterocycles. The van der Waals surface area contributed by atoms with E-state index in [9.17, 15) is 0 Å². The maximum absolute atomic E-state index is 5.92. The molecule has 0 saturated carbocycles. The molecule has 5 heteroatoms. The number of ether oxygens (including phenoxy) is 1. The molecule has 1 fully saturated rings. The molecule has 0 amide bonds. The Morgan fingerprint density at radius 2 is 2.05 bits per heavy atom. The smallest absolute Gasteiger partial charge is 0.188 e. The number of guanidine groups is 1. The van der Waals surface area contributed by atoms with E-state index in [1.54, 1.807) is 0 Å². The third-order valence-electron chi connectivity index (χ3n) is 3.82. The Hall–Kier alpha value is -0.0400. The maximum Gasteiger partial charge on any atom is 0.188 e. The molecular formula is C16H34IN3O. The van der Waals surface area contributed by atoms with Gasteiger partial charge in [-0.3, -0.25) is 4.99 Å². The van der Waals surface area contributed by atoms with E-state index in [1.165, 1.54) is 32.1 Å². The van der Waals surface area contributed by atoms with Crippen LogP contribution in [0.3, 0.4) is 0 Å². The highest BCUT2D eigenvalue weighted by Gasteiger charge is 2.12. The molecule has 0 aliphatic carbocycles. The first-order chi connectivity index (χ1) is 9.58. The van der Waals surface area contributed by atoms with Crippen molar-refractivity contribution in [2.75, 3.05) is 13.2 Å². The van der Waals surface area contributed by atoms with Gasteiger partial charge in [0, 0.05) is 19.2 Å². The van der Waals surface area contributed by atoms with Crippen LogP contribution < -0.4 is 11.1 Å². The molecule has 21 heavy (non-hydrogen) atoms. The zero-order chi connectivity index (χ0) is 14.8. The van der Waals surface area contributed by atoms with E-state index in [0.29, 0.717) is 18.1 Å². The molecule has 0 bridgehead atoms. The largest absolute Gasteiger partial charge is 0.378 e. The monoisotopic (exact) mass is 411 g/mol. The van der Waals surface area contributed by atoms with Crippen molar-refractivity contribution in [3.63, 3.8) is 0 Å². The van der Waals surface area contributed by atoms with E-state index >= 15 is 0 Å². The van der Waals surface area contributed by atoms with Gasteiger partial charge < -0.3 is 15.8 Å². The van der Waals surface area contributed by atoms with E-state index < -0.39 is 0 Å². The maximum atomic E-state index is 5.92. The van der Waals surface area contributed by atoms with Crippen molar-refractivity contribution in [1.82, 2.24) is 5.32 Å². The van der Waals surface area contributed by atoms with Crippen molar-refractivity contribution in [2.45, 2.75) is 77.9 Å². The molecule has 4 nitrogen and oxygen atoms in total. The average Bonchev–Trinajstić information content (AvgIpc) is 2.39. The zero-order valence-electron chi connectivity index (χ0n) is 13.9. The molecule has 0 aromatic carbocycles. The minimum atomic E-state index is 0. The van der Waals surface area contributed by atoms with Crippen molar-refractivity contribution < 1.29 is 4.74 Å². The predicted molar refractivity (Wildman–Crippen MR) is 101 cm³/mol. The molecule has 0 aromatic rings. The lowest BCUT2D eigenvalue weighted by atomic mass is 10.0. The number of aliphatic imine (C=N–C) groups is 1. The average molecular weight is 411 g/mol. The summed E-state index contributed by atoms with van der Waals surface area (Å²) in [7, 11) is 0. The van der Waals surface area contributed by atoms with Crippen molar-refractivity contribution in [2.24, 2.45) is 16.6 Å². The van der Waals surface area contributed by atoms with Gasteiger partial charge in [0.1, 0.15) is 0 Å². The Balaban J connectivity index is 0.00000400. The van der Waals surface area contributed by atoms with Crippen LogP contribution in [0, 0.1) is 5.92 Å². The summed E-state index contributed by atoms with van der Waals surface area (Å²) in [6.07, 6.45) is 8.73. The number of hydrogen-bond donors (Lipinski definition) is 2. The molecule has 1 saturated heterocycles. The second kappa shape index (κ2) is 12.5. The highest BCUT2D eigenvalue weighted by atomic mass is 127. The topological polar surface area (TPSA) is 59.6 Å². The molecule has 2 atom stereocenters. The van der Waals surface area contributed by atoms with E-state index in [1.807, 2.05) is 0 Å². The van der Waals surface area contributed by atoms with Gasteiger partial charge in [0.2, 0.25) is 0 Å². The van der Waals surface area contributed by atoms with Crippen molar-refractivity contribution in [3.8, 4) is 0 Å². The molecule has 126 valence electrons. The van der Waals surface area contributed by atoms with Crippen LogP contribution in [0.25, 0.3) is 0 Å². The molecular weight excluding hydrogens is 377 g/mol. The van der Waals surface area contributed by atoms with Gasteiger partial charge in [0.15, 0.2) is 5.96 Å². The molecule has 1 rings (SSSR count). The summed E-state index contributed by atoms with van der Waals surface area (Å²) >= 11 is 0. The van der Waals surface area contributed by atoms with E-state index in [4.69, 9.17) is 10.5 Å². The summed E-state index contributed by atoms with van der Waals surface area (Å²) in [5.41, 5.74) is 5.92. The molecule has 0 spiro atoms. The lowest BCUT2D eigenvalue weighted by Gasteiger charge is -2.21. The lowest BCUT2D eigenvalue weighted by Crippen LogP contribution is -2.38. The summed E-state index contributed by atoms with van der Waals surface area (Å²) in [5, 5.41) is 3.28. The number of halogens is 1. The highest BCUT2D eigenvalue weighted by Crippen LogP contribution is 2.15. The van der Waals surface area contributed by atoms with Crippen LogP contribution in [0.5, 0.6) is 0 Å². The van der Waals surface area contributed by atoms with Gasteiger partial charge >= 0.3 is 0 Å². The first-order valence-electron chi connectivity index (χ1n) is 8.26. The van der Waals surface area contributed by atoms with Crippen LogP contribution in [0.4, 0.5) is 0 Å². The van der Waals surface area contributed by atoms with Gasteiger partial charge in [-0.15, -0.1) is 24.0 Å². The summed E-state index contributed by atoms with van der Waals surface area (Å²) in [6.45, 7) is 8.38. The van der Waals surface area contributed by atoms with E-state index in [2.05, 4.69) is 31.1 Å². The second-order valence-electron chi connectivity index (χ2n) is 6.41. The fraction of sp³-hybridized carbons (Fsp3) is 0.938. The SMILES string of the molecule is CC(C)CCCC(C)NC(N)=NCCC1CCCCO1.I. The normalized spacial score (nSPS) is 21.0. The quantitative estimate of drug-likeness (QED) is 0.364. The van der Waals surface area contributed by atoms with Crippen LogP contribution in [0.2, 0.25) is 0 Å². The van der Waals surface area contributed by atoms with Crippen molar-refractivity contribution >= 4 is 29.9 Å². The Kier molecular flexibility index (Phi) is 12.5. The second-order valence-corrected chi connectivity index (χ2v) is 6.41. The number of nitrogens with one attached hydrogen (secondary N) is 1. The Labute approximate surface area is 147 Å². The molecule has 0 radical (unpaired) electrons. The Morgan fingerprint density at radius 1 is 1.29 bits per heavy atom. The third-order valence-corrected chi connectivity index (χ3v) is 3.82. The first kappa shape index (κ1) is 21.0. The fourth-order valence-electron chi connectivity index (χ4n) is 2.57. The number of nitrogens with two attached hydrogens (primary N) is 1. The van der Waals surface area contributed by atoms with Crippen LogP contribution in [-0.4, -0.2) is 31.3 Å². The fourth-order valence-corrected chi connectivity index (χ4v) is 2.57. The van der Waals surface area contributed by atoms with Crippen molar-refractivity contribution in [3.05, 3.63) is 0 Å². The predicted octanol–water partition coefficient (Wildman–Crippen LogP) is 3.68. The van der Waals surface area contributed by atoms with Crippen LogP contribution in [0.1, 0.15) is 65.7 Å². The Bertz CT molecular complexity index is 279. The Morgan fingerprint density at radius 3 is 2.67 bits per heavy atom. The van der Waals surface area contributed by atoms with Gasteiger partial charge in [-0.05, 0) is 44.9 Å². The van der Waals surface area contributed by atoms with Gasteiger partial charge in [0.05, 0.1) is 6.10 Å². The molecule has 2 unspecified atom stereocenters. The lowest BCUT2D eigenvalue weighted by molar-refractivity contribution is 0.0129.